The zero-order valence-corrected chi connectivity index (χ0v) is 18.4. The van der Waals surface area contributed by atoms with Crippen LogP contribution >= 0.6 is 0 Å². The molecule has 0 radical (unpaired) electrons. The Morgan fingerprint density at radius 1 is 1.06 bits per heavy atom. The van der Waals surface area contributed by atoms with E-state index in [0.717, 1.165) is 44.9 Å². The van der Waals surface area contributed by atoms with Crippen LogP contribution in [0.15, 0.2) is 4.99 Å². The first-order valence-corrected chi connectivity index (χ1v) is 11.5. The van der Waals surface area contributed by atoms with E-state index in [1.165, 1.54) is 6.42 Å². The number of carbonyl (C=O) groups excluding carboxylic acids is 2. The average molecular weight is 439 g/mol. The molecule has 1 aliphatic heterocycles. The molecule has 1 aliphatic carbocycles. The minimum Gasteiger partial charge on any atom is -0.480 e. The zero-order chi connectivity index (χ0) is 22.6. The Hall–Kier alpha value is -2.36. The summed E-state index contributed by atoms with van der Waals surface area (Å²) in [5, 5.41) is 14.9. The predicted octanol–water partition coefficient (Wildman–Crippen LogP) is 0.160. The van der Waals surface area contributed by atoms with Crippen molar-refractivity contribution in [3.8, 4) is 0 Å². The molecule has 1 heterocycles. The second kappa shape index (κ2) is 13.1. The summed E-state index contributed by atoms with van der Waals surface area (Å²) in [6, 6.07) is -1.06. The minimum absolute atomic E-state index is 0.0587. The van der Waals surface area contributed by atoms with Crippen LogP contribution in [0.25, 0.3) is 0 Å². The molecule has 7 N–H and O–H groups in total. The van der Waals surface area contributed by atoms with E-state index in [0.29, 0.717) is 38.4 Å². The number of amides is 2. The molecule has 2 rings (SSSR count). The molecule has 10 nitrogen and oxygen atoms in total. The Morgan fingerprint density at radius 3 is 2.48 bits per heavy atom. The SMILES string of the molecule is NC(N)=NCCCCNC(=O)[C@@H]1CCCN1C(=O)[C@@H](CC1CCCCC1)NCC(=O)O. The maximum absolute atomic E-state index is 13.3. The highest BCUT2D eigenvalue weighted by molar-refractivity contribution is 5.90. The van der Waals surface area contributed by atoms with Crippen molar-refractivity contribution in [3.63, 3.8) is 0 Å². The van der Waals surface area contributed by atoms with E-state index in [2.05, 4.69) is 15.6 Å². The molecule has 2 atom stereocenters. The van der Waals surface area contributed by atoms with E-state index in [1.54, 1.807) is 4.90 Å². The number of carbonyl (C=O) groups is 3. The van der Waals surface area contributed by atoms with E-state index in [1.807, 2.05) is 0 Å². The molecule has 0 aromatic heterocycles. The third-order valence-corrected chi connectivity index (χ3v) is 6.11. The number of nitrogens with zero attached hydrogens (tertiary/aromatic N) is 2. The summed E-state index contributed by atoms with van der Waals surface area (Å²) in [5.41, 5.74) is 10.6. The standard InChI is InChI=1S/C21H38N6O4/c22-21(23)25-11-5-4-10-24-19(30)17-9-6-12-27(17)20(31)16(26-14-18(28)29)13-15-7-2-1-3-8-15/h15-17,26H,1-14H2,(H,24,30)(H,28,29)(H4,22,23,25)/t16-,17+/m1/s1. The minimum atomic E-state index is -0.988. The van der Waals surface area contributed by atoms with Crippen LogP contribution in [0.1, 0.15) is 64.2 Å². The van der Waals surface area contributed by atoms with Gasteiger partial charge in [-0.25, -0.2) is 0 Å². The largest absolute Gasteiger partial charge is 0.480 e. The fraction of sp³-hybridized carbons (Fsp3) is 0.810. The summed E-state index contributed by atoms with van der Waals surface area (Å²) < 4.78 is 0. The molecule has 2 aliphatic rings. The van der Waals surface area contributed by atoms with Gasteiger partial charge in [0.05, 0.1) is 12.6 Å². The molecule has 31 heavy (non-hydrogen) atoms. The topological polar surface area (TPSA) is 163 Å². The number of hydrogen-bond acceptors (Lipinski definition) is 5. The quantitative estimate of drug-likeness (QED) is 0.165. The Labute approximate surface area is 184 Å². The van der Waals surface area contributed by atoms with Crippen molar-refractivity contribution in [2.45, 2.75) is 76.3 Å². The van der Waals surface area contributed by atoms with Gasteiger partial charge in [0.25, 0.3) is 0 Å². The molecule has 1 saturated heterocycles. The van der Waals surface area contributed by atoms with Crippen molar-refractivity contribution >= 4 is 23.7 Å². The molecular weight excluding hydrogens is 400 g/mol. The number of likely N-dealkylation sites (tertiary alicyclic amines) is 1. The van der Waals surface area contributed by atoms with Crippen LogP contribution in [0.4, 0.5) is 0 Å². The van der Waals surface area contributed by atoms with Crippen molar-refractivity contribution in [3.05, 3.63) is 0 Å². The van der Waals surface area contributed by atoms with Crippen molar-refractivity contribution < 1.29 is 19.5 Å². The molecule has 1 saturated carbocycles. The Morgan fingerprint density at radius 2 is 1.81 bits per heavy atom. The van der Waals surface area contributed by atoms with Gasteiger partial charge >= 0.3 is 5.97 Å². The Kier molecular flexibility index (Phi) is 10.6. The van der Waals surface area contributed by atoms with Crippen molar-refractivity contribution in [1.82, 2.24) is 15.5 Å². The Bertz CT molecular complexity index is 631. The zero-order valence-electron chi connectivity index (χ0n) is 18.4. The number of aliphatic imine (C=N–C) groups is 1. The summed E-state index contributed by atoms with van der Waals surface area (Å²) in [4.78, 5) is 42.6. The number of hydrogen-bond donors (Lipinski definition) is 5. The van der Waals surface area contributed by atoms with E-state index in [9.17, 15) is 14.4 Å². The maximum Gasteiger partial charge on any atom is 0.317 e. The number of rotatable bonds is 12. The van der Waals surface area contributed by atoms with Gasteiger partial charge in [-0.2, -0.15) is 0 Å². The van der Waals surface area contributed by atoms with Crippen LogP contribution in [-0.4, -0.2) is 72.0 Å². The van der Waals surface area contributed by atoms with Crippen LogP contribution in [-0.2, 0) is 14.4 Å². The number of nitrogens with one attached hydrogen (secondary N) is 2. The lowest BCUT2D eigenvalue weighted by Crippen LogP contribution is -2.53. The molecule has 0 aromatic rings. The van der Waals surface area contributed by atoms with Gasteiger partial charge in [-0.05, 0) is 38.0 Å². The highest BCUT2D eigenvalue weighted by Gasteiger charge is 2.37. The normalized spacial score (nSPS) is 20.3. The fourth-order valence-corrected chi connectivity index (χ4v) is 4.52. The molecule has 176 valence electrons. The molecule has 0 unspecified atom stereocenters. The molecule has 0 bridgehead atoms. The third-order valence-electron chi connectivity index (χ3n) is 6.11. The number of nitrogens with two attached hydrogens (primary N) is 2. The Balaban J connectivity index is 1.89. The van der Waals surface area contributed by atoms with Crippen LogP contribution in [0, 0.1) is 5.92 Å². The first-order valence-electron chi connectivity index (χ1n) is 11.5. The van der Waals surface area contributed by atoms with Gasteiger partial charge in [0.1, 0.15) is 6.04 Å². The molecule has 10 heteroatoms. The first kappa shape index (κ1) is 24.9. The number of aliphatic carboxylic acids is 1. The van der Waals surface area contributed by atoms with Crippen LogP contribution in [0.2, 0.25) is 0 Å². The van der Waals surface area contributed by atoms with Crippen LogP contribution in [0.5, 0.6) is 0 Å². The summed E-state index contributed by atoms with van der Waals surface area (Å²) in [7, 11) is 0. The highest BCUT2D eigenvalue weighted by atomic mass is 16.4. The average Bonchev–Trinajstić information content (AvgIpc) is 3.23. The summed E-state index contributed by atoms with van der Waals surface area (Å²) in [6.45, 7) is 1.28. The number of unbranched alkanes of at least 4 members (excludes halogenated alkanes) is 1. The third kappa shape index (κ3) is 8.72. The fourth-order valence-electron chi connectivity index (χ4n) is 4.52. The second-order valence-electron chi connectivity index (χ2n) is 8.56. The van der Waals surface area contributed by atoms with E-state index >= 15 is 0 Å². The molecular formula is C21H38N6O4. The van der Waals surface area contributed by atoms with Gasteiger partial charge < -0.3 is 26.8 Å². The summed E-state index contributed by atoms with van der Waals surface area (Å²) >= 11 is 0. The molecule has 2 amide bonds. The van der Waals surface area contributed by atoms with Crippen molar-refractivity contribution in [1.29, 1.82) is 0 Å². The second-order valence-corrected chi connectivity index (χ2v) is 8.56. The monoisotopic (exact) mass is 438 g/mol. The van der Waals surface area contributed by atoms with Gasteiger partial charge in [0, 0.05) is 19.6 Å². The maximum atomic E-state index is 13.3. The first-order chi connectivity index (χ1) is 14.9. The highest BCUT2D eigenvalue weighted by Crippen LogP contribution is 2.28. The number of carboxylic acids is 1. The summed E-state index contributed by atoms with van der Waals surface area (Å²) in [6.07, 6.45) is 9.20. The van der Waals surface area contributed by atoms with Crippen molar-refractivity contribution in [2.75, 3.05) is 26.2 Å². The lowest BCUT2D eigenvalue weighted by atomic mass is 9.84. The molecule has 2 fully saturated rings. The lowest BCUT2D eigenvalue weighted by Gasteiger charge is -2.31. The van der Waals surface area contributed by atoms with Crippen LogP contribution < -0.4 is 22.1 Å². The van der Waals surface area contributed by atoms with Gasteiger partial charge in [0.15, 0.2) is 5.96 Å². The van der Waals surface area contributed by atoms with Gasteiger partial charge in [0.2, 0.25) is 11.8 Å². The van der Waals surface area contributed by atoms with E-state index in [-0.39, 0.29) is 24.3 Å². The summed E-state index contributed by atoms with van der Waals surface area (Å²) in [5.74, 6) is -0.815. The van der Waals surface area contributed by atoms with Crippen LogP contribution in [0.3, 0.4) is 0 Å². The van der Waals surface area contributed by atoms with E-state index < -0.39 is 18.1 Å². The van der Waals surface area contributed by atoms with E-state index in [4.69, 9.17) is 16.6 Å². The lowest BCUT2D eigenvalue weighted by molar-refractivity contribution is -0.141. The van der Waals surface area contributed by atoms with Gasteiger partial charge in [-0.3, -0.25) is 24.7 Å². The number of guanidine groups is 1. The molecule has 0 spiro atoms. The van der Waals surface area contributed by atoms with Gasteiger partial charge in [-0.15, -0.1) is 0 Å². The smallest absolute Gasteiger partial charge is 0.317 e. The number of carboxylic acid groups (broad SMARTS) is 1. The van der Waals surface area contributed by atoms with Gasteiger partial charge in [-0.1, -0.05) is 32.1 Å². The predicted molar refractivity (Wildman–Crippen MR) is 118 cm³/mol. The van der Waals surface area contributed by atoms with Crippen molar-refractivity contribution in [2.24, 2.45) is 22.4 Å². The molecule has 0 aromatic carbocycles.